The van der Waals surface area contributed by atoms with Crippen molar-refractivity contribution in [2.75, 3.05) is 0 Å². The van der Waals surface area contributed by atoms with Crippen molar-refractivity contribution in [3.05, 3.63) is 117 Å². The molecule has 0 aliphatic heterocycles. The Bertz CT molecular complexity index is 1640. The molecular formula is C28H18Cl2Na2O6S2. The van der Waals surface area contributed by atoms with Crippen LogP contribution in [-0.4, -0.2) is 25.9 Å². The molecule has 4 aromatic rings. The molecule has 0 aliphatic rings. The van der Waals surface area contributed by atoms with E-state index in [2.05, 4.69) is 0 Å². The van der Waals surface area contributed by atoms with Gasteiger partial charge in [-0.05, 0) is 57.6 Å². The van der Waals surface area contributed by atoms with E-state index in [0.29, 0.717) is 11.1 Å². The fourth-order valence-corrected chi connectivity index (χ4v) is 5.57. The summed E-state index contributed by atoms with van der Waals surface area (Å²) in [4.78, 5) is -0.911. The summed E-state index contributed by atoms with van der Waals surface area (Å²) < 4.78 is 68.0. The molecule has 0 aromatic heterocycles. The maximum absolute atomic E-state index is 11.3. The van der Waals surface area contributed by atoms with E-state index in [9.17, 15) is 25.9 Å². The van der Waals surface area contributed by atoms with Crippen molar-refractivity contribution in [3.63, 3.8) is 0 Å². The van der Waals surface area contributed by atoms with Gasteiger partial charge in [-0.2, -0.15) is 0 Å². The molecule has 0 unspecified atom stereocenters. The summed E-state index contributed by atoms with van der Waals surface area (Å²) in [5, 5.41) is -0.228. The minimum Gasteiger partial charge on any atom is -0.744 e. The van der Waals surface area contributed by atoms with Gasteiger partial charge < -0.3 is 9.11 Å². The molecule has 0 aliphatic carbocycles. The van der Waals surface area contributed by atoms with E-state index in [0.717, 1.165) is 22.3 Å². The van der Waals surface area contributed by atoms with E-state index in [-0.39, 0.29) is 69.2 Å². The van der Waals surface area contributed by atoms with Gasteiger partial charge in [0.05, 0.1) is 19.8 Å². The number of halogens is 2. The van der Waals surface area contributed by atoms with Gasteiger partial charge in [-0.3, -0.25) is 0 Å². The maximum atomic E-state index is 11.3. The van der Waals surface area contributed by atoms with Crippen LogP contribution in [0.4, 0.5) is 0 Å². The monoisotopic (exact) mass is 630 g/mol. The molecule has 0 fully saturated rings. The van der Waals surface area contributed by atoms with E-state index >= 15 is 0 Å². The van der Waals surface area contributed by atoms with E-state index < -0.39 is 30.0 Å². The molecule has 6 nitrogen and oxygen atoms in total. The number of benzene rings is 4. The second-order valence-electron chi connectivity index (χ2n) is 8.20. The third-order valence-electron chi connectivity index (χ3n) is 5.54. The van der Waals surface area contributed by atoms with Gasteiger partial charge >= 0.3 is 59.1 Å². The van der Waals surface area contributed by atoms with Crippen LogP contribution in [0.3, 0.4) is 0 Å². The Morgan fingerprint density at radius 1 is 0.475 bits per heavy atom. The van der Waals surface area contributed by atoms with Crippen LogP contribution in [0, 0.1) is 0 Å². The first-order chi connectivity index (χ1) is 17.9. The summed E-state index contributed by atoms with van der Waals surface area (Å²) >= 11 is 11.6. The van der Waals surface area contributed by atoms with Crippen molar-refractivity contribution in [2.45, 2.75) is 9.79 Å². The van der Waals surface area contributed by atoms with Crippen LogP contribution in [-0.2, 0) is 20.2 Å². The van der Waals surface area contributed by atoms with E-state index in [4.69, 9.17) is 23.2 Å². The normalized spacial score (nSPS) is 11.8. The minimum atomic E-state index is -4.66. The zero-order valence-electron chi connectivity index (χ0n) is 21.4. The van der Waals surface area contributed by atoms with Gasteiger partial charge in [-0.1, -0.05) is 108 Å². The molecule has 0 N–H and O–H groups in total. The predicted molar refractivity (Wildman–Crippen MR) is 149 cm³/mol. The molecule has 0 saturated carbocycles. The van der Waals surface area contributed by atoms with Crippen molar-refractivity contribution >= 4 is 67.7 Å². The van der Waals surface area contributed by atoms with E-state index in [1.807, 2.05) is 48.5 Å². The van der Waals surface area contributed by atoms with Crippen LogP contribution in [0.1, 0.15) is 22.3 Å². The Hall–Kier alpha value is -1.24. The molecular weight excluding hydrogens is 613 g/mol. The van der Waals surface area contributed by atoms with Gasteiger partial charge in [0, 0.05) is 0 Å². The summed E-state index contributed by atoms with van der Waals surface area (Å²) in [5.74, 6) is 0. The molecule has 194 valence electrons. The minimum absolute atomic E-state index is 0. The van der Waals surface area contributed by atoms with Gasteiger partial charge in [0.15, 0.2) is 0 Å². The van der Waals surface area contributed by atoms with Crippen LogP contribution in [0.25, 0.3) is 35.4 Å². The second-order valence-corrected chi connectivity index (χ2v) is 11.7. The van der Waals surface area contributed by atoms with Crippen molar-refractivity contribution < 1.29 is 85.1 Å². The average molecular weight is 631 g/mol. The Labute approximate surface area is 287 Å². The van der Waals surface area contributed by atoms with E-state index in [1.165, 1.54) is 24.3 Å². The molecule has 0 heterocycles. The Balaban J connectivity index is 0.00000280. The second kappa shape index (κ2) is 14.8. The molecule has 0 radical (unpaired) electrons. The summed E-state index contributed by atoms with van der Waals surface area (Å²) in [7, 11) is -9.33. The zero-order chi connectivity index (χ0) is 27.5. The molecule has 40 heavy (non-hydrogen) atoms. The number of rotatable bonds is 7. The average Bonchev–Trinajstić information content (AvgIpc) is 2.87. The van der Waals surface area contributed by atoms with Gasteiger partial charge in [0.1, 0.15) is 20.2 Å². The fourth-order valence-electron chi connectivity index (χ4n) is 3.59. The topological polar surface area (TPSA) is 114 Å². The van der Waals surface area contributed by atoms with Crippen molar-refractivity contribution in [1.29, 1.82) is 0 Å². The van der Waals surface area contributed by atoms with Gasteiger partial charge in [-0.15, -0.1) is 0 Å². The first kappa shape index (κ1) is 35.0. The largest absolute Gasteiger partial charge is 1.00 e. The molecule has 4 rings (SSSR count). The molecule has 0 spiro atoms. The van der Waals surface area contributed by atoms with Crippen LogP contribution in [0.2, 0.25) is 10.0 Å². The Morgan fingerprint density at radius 3 is 1.05 bits per heavy atom. The SMILES string of the molecule is O=S(=O)([O-])c1cc(C=Cc2ccc(-c3ccc(/C=C/c4ccc(Cl)c(S(=O)(=O)[O-])c4)cc3)cc2)ccc1Cl.[Na+].[Na+]. The fraction of sp³-hybridized carbons (Fsp3) is 0. The van der Waals surface area contributed by atoms with Crippen LogP contribution in [0.5, 0.6) is 0 Å². The maximum Gasteiger partial charge on any atom is 1.00 e. The third-order valence-corrected chi connectivity index (χ3v) is 8.18. The van der Waals surface area contributed by atoms with Crippen LogP contribution < -0.4 is 59.1 Å². The third kappa shape index (κ3) is 9.39. The first-order valence-electron chi connectivity index (χ1n) is 11.0. The van der Waals surface area contributed by atoms with E-state index in [1.54, 1.807) is 36.4 Å². The Morgan fingerprint density at radius 2 is 0.750 bits per heavy atom. The molecule has 4 aromatic carbocycles. The van der Waals surface area contributed by atoms with Crippen LogP contribution >= 0.6 is 23.2 Å². The standard InChI is InChI=1S/C28H20Cl2O6S2.2Na/c29-25-15-9-21(17-27(25)37(31,32)33)3-1-19-5-11-23(12-6-19)24-13-7-20(8-14-24)2-4-22-10-16-26(30)28(18-22)38(34,35)36;;/h1-18H,(H,31,32,33)(H,34,35,36);;/q;2*+1/p-2/b3-1+,4-2?;;. The molecule has 0 atom stereocenters. The van der Waals surface area contributed by atoms with Gasteiger partial charge in [0.25, 0.3) is 0 Å². The number of hydrogen-bond acceptors (Lipinski definition) is 6. The summed E-state index contributed by atoms with van der Waals surface area (Å²) in [6.45, 7) is 0. The summed E-state index contributed by atoms with van der Waals surface area (Å²) in [6, 6.07) is 23.9. The van der Waals surface area contributed by atoms with Crippen molar-refractivity contribution in [2.24, 2.45) is 0 Å². The van der Waals surface area contributed by atoms with Crippen LogP contribution in [0.15, 0.2) is 94.7 Å². The molecule has 0 saturated heterocycles. The summed E-state index contributed by atoms with van der Waals surface area (Å²) in [6.07, 6.45) is 6.97. The number of hydrogen-bond donors (Lipinski definition) is 0. The molecule has 0 amide bonds. The van der Waals surface area contributed by atoms with Gasteiger partial charge in [0.2, 0.25) is 0 Å². The molecule has 0 bridgehead atoms. The molecule has 12 heteroatoms. The Kier molecular flexibility index (Phi) is 12.9. The predicted octanol–water partition coefficient (Wildman–Crippen LogP) is 0.817. The smallest absolute Gasteiger partial charge is 0.744 e. The summed E-state index contributed by atoms with van der Waals surface area (Å²) in [5.41, 5.74) is 4.76. The van der Waals surface area contributed by atoms with Crippen molar-refractivity contribution in [3.8, 4) is 11.1 Å². The quantitative estimate of drug-likeness (QED) is 0.170. The van der Waals surface area contributed by atoms with Gasteiger partial charge in [-0.25, -0.2) is 16.8 Å². The van der Waals surface area contributed by atoms with Crippen molar-refractivity contribution in [1.82, 2.24) is 0 Å². The first-order valence-corrected chi connectivity index (χ1v) is 14.5. The zero-order valence-corrected chi connectivity index (χ0v) is 28.6.